The van der Waals surface area contributed by atoms with Crippen LogP contribution >= 0.6 is 23.2 Å². The average Bonchev–Trinajstić information content (AvgIpc) is 2.52. The third kappa shape index (κ3) is 4.84. The van der Waals surface area contributed by atoms with Gasteiger partial charge in [0.1, 0.15) is 5.75 Å². The lowest BCUT2D eigenvalue weighted by atomic mass is 10.1. The molecule has 0 amide bonds. The predicted octanol–water partition coefficient (Wildman–Crippen LogP) is 4.35. The SMILES string of the molecule is O=C(O)COc1cccc(C(=O)/C=C/c2c(Cl)cccc2Cl)c1. The Labute approximate surface area is 142 Å². The van der Waals surface area contributed by atoms with Crippen LogP contribution in [0.2, 0.25) is 10.0 Å². The van der Waals surface area contributed by atoms with Crippen molar-refractivity contribution in [3.05, 3.63) is 69.7 Å². The Balaban J connectivity index is 2.16. The Kier molecular flexibility index (Phi) is 5.79. The van der Waals surface area contributed by atoms with E-state index in [0.29, 0.717) is 26.9 Å². The van der Waals surface area contributed by atoms with Crippen LogP contribution < -0.4 is 4.74 Å². The molecule has 0 saturated carbocycles. The lowest BCUT2D eigenvalue weighted by Crippen LogP contribution is -2.09. The van der Waals surface area contributed by atoms with Gasteiger partial charge in [-0.05, 0) is 36.4 Å². The van der Waals surface area contributed by atoms with E-state index in [2.05, 4.69) is 0 Å². The van der Waals surface area contributed by atoms with E-state index in [1.807, 2.05) is 0 Å². The highest BCUT2D eigenvalue weighted by molar-refractivity contribution is 6.37. The fourth-order valence-corrected chi connectivity index (χ4v) is 2.33. The molecule has 0 spiro atoms. The van der Waals surface area contributed by atoms with Crippen LogP contribution in [-0.2, 0) is 4.79 Å². The van der Waals surface area contributed by atoms with E-state index in [1.54, 1.807) is 36.4 Å². The summed E-state index contributed by atoms with van der Waals surface area (Å²) in [5.41, 5.74) is 0.926. The van der Waals surface area contributed by atoms with E-state index in [-0.39, 0.29) is 5.78 Å². The summed E-state index contributed by atoms with van der Waals surface area (Å²) in [7, 11) is 0. The molecule has 0 aliphatic carbocycles. The summed E-state index contributed by atoms with van der Waals surface area (Å²) in [5.74, 6) is -1.06. The van der Waals surface area contributed by atoms with Crippen LogP contribution in [-0.4, -0.2) is 23.5 Å². The summed E-state index contributed by atoms with van der Waals surface area (Å²) < 4.78 is 5.04. The number of carbonyl (C=O) groups is 2. The van der Waals surface area contributed by atoms with E-state index in [9.17, 15) is 9.59 Å². The quantitative estimate of drug-likeness (QED) is 0.621. The predicted molar refractivity (Wildman–Crippen MR) is 89.4 cm³/mol. The van der Waals surface area contributed by atoms with Gasteiger partial charge in [-0.2, -0.15) is 0 Å². The van der Waals surface area contributed by atoms with Gasteiger partial charge in [-0.1, -0.05) is 41.4 Å². The van der Waals surface area contributed by atoms with E-state index in [0.717, 1.165) is 0 Å². The number of benzene rings is 2. The number of ketones is 1. The normalized spacial score (nSPS) is 10.7. The molecule has 0 saturated heterocycles. The minimum absolute atomic E-state index is 0.276. The van der Waals surface area contributed by atoms with Crippen molar-refractivity contribution >= 4 is 41.0 Å². The molecule has 0 unspecified atom stereocenters. The van der Waals surface area contributed by atoms with Crippen molar-refractivity contribution < 1.29 is 19.4 Å². The minimum Gasteiger partial charge on any atom is -0.482 e. The zero-order valence-corrected chi connectivity index (χ0v) is 13.3. The van der Waals surface area contributed by atoms with Crippen molar-refractivity contribution in [1.29, 1.82) is 0 Å². The molecule has 118 valence electrons. The number of aliphatic carboxylic acids is 1. The highest BCUT2D eigenvalue weighted by Gasteiger charge is 2.07. The van der Waals surface area contributed by atoms with Gasteiger partial charge in [0.05, 0.1) is 0 Å². The molecule has 2 aromatic carbocycles. The maximum Gasteiger partial charge on any atom is 0.341 e. The van der Waals surface area contributed by atoms with Gasteiger partial charge in [0.15, 0.2) is 12.4 Å². The van der Waals surface area contributed by atoms with Gasteiger partial charge in [0.2, 0.25) is 0 Å². The van der Waals surface area contributed by atoms with Gasteiger partial charge in [0, 0.05) is 21.2 Å². The van der Waals surface area contributed by atoms with Crippen molar-refractivity contribution in [2.45, 2.75) is 0 Å². The molecule has 0 aliphatic rings. The maximum absolute atomic E-state index is 12.2. The first-order valence-corrected chi connectivity index (χ1v) is 7.34. The molecule has 4 nitrogen and oxygen atoms in total. The fraction of sp³-hybridized carbons (Fsp3) is 0.0588. The Hall–Kier alpha value is -2.30. The molecule has 0 heterocycles. The van der Waals surface area contributed by atoms with Crippen molar-refractivity contribution in [3.63, 3.8) is 0 Å². The maximum atomic E-state index is 12.2. The van der Waals surface area contributed by atoms with Crippen LogP contribution in [0, 0.1) is 0 Å². The smallest absolute Gasteiger partial charge is 0.341 e. The van der Waals surface area contributed by atoms with Crippen molar-refractivity contribution in [3.8, 4) is 5.75 Å². The van der Waals surface area contributed by atoms with Gasteiger partial charge >= 0.3 is 5.97 Å². The number of allylic oxidation sites excluding steroid dienone is 1. The van der Waals surface area contributed by atoms with Crippen molar-refractivity contribution in [2.75, 3.05) is 6.61 Å². The summed E-state index contributed by atoms with van der Waals surface area (Å²) >= 11 is 12.1. The van der Waals surface area contributed by atoms with Gasteiger partial charge in [-0.3, -0.25) is 4.79 Å². The molecule has 0 atom stereocenters. The van der Waals surface area contributed by atoms with E-state index < -0.39 is 12.6 Å². The van der Waals surface area contributed by atoms with Crippen LogP contribution in [0.1, 0.15) is 15.9 Å². The molecule has 23 heavy (non-hydrogen) atoms. The number of ether oxygens (including phenoxy) is 1. The highest BCUT2D eigenvalue weighted by atomic mass is 35.5. The number of halogens is 2. The van der Waals surface area contributed by atoms with Gasteiger partial charge in [-0.25, -0.2) is 4.79 Å². The standard InChI is InChI=1S/C17H12Cl2O4/c18-14-5-2-6-15(19)13(14)7-8-16(20)11-3-1-4-12(9-11)23-10-17(21)22/h1-9H,10H2,(H,21,22)/b8-7+. The van der Waals surface area contributed by atoms with Gasteiger partial charge in [-0.15, -0.1) is 0 Å². The number of rotatable bonds is 6. The highest BCUT2D eigenvalue weighted by Crippen LogP contribution is 2.25. The summed E-state index contributed by atoms with van der Waals surface area (Å²) in [4.78, 5) is 22.7. The molecule has 0 fully saturated rings. The lowest BCUT2D eigenvalue weighted by Gasteiger charge is -2.04. The number of carbonyl (C=O) groups excluding carboxylic acids is 1. The molecule has 0 bridgehead atoms. The Morgan fingerprint density at radius 3 is 2.39 bits per heavy atom. The Bertz CT molecular complexity index is 749. The van der Waals surface area contributed by atoms with Crippen LogP contribution in [0.3, 0.4) is 0 Å². The molecule has 2 rings (SSSR count). The molecule has 0 aliphatic heterocycles. The molecule has 1 N–H and O–H groups in total. The lowest BCUT2D eigenvalue weighted by molar-refractivity contribution is -0.139. The zero-order valence-electron chi connectivity index (χ0n) is 11.8. The minimum atomic E-state index is -1.09. The molecule has 2 aromatic rings. The number of hydrogen-bond acceptors (Lipinski definition) is 3. The summed E-state index contributed by atoms with van der Waals surface area (Å²) in [6.07, 6.45) is 2.89. The number of carboxylic acids is 1. The fourth-order valence-electron chi connectivity index (χ4n) is 1.81. The largest absolute Gasteiger partial charge is 0.482 e. The average molecular weight is 351 g/mol. The zero-order chi connectivity index (χ0) is 16.8. The topological polar surface area (TPSA) is 63.6 Å². The van der Waals surface area contributed by atoms with Gasteiger partial charge in [0.25, 0.3) is 0 Å². The molecular formula is C17H12Cl2O4. The van der Waals surface area contributed by atoms with Gasteiger partial charge < -0.3 is 9.84 Å². The molecule has 0 aromatic heterocycles. The van der Waals surface area contributed by atoms with Crippen LogP contribution in [0.4, 0.5) is 0 Å². The molecule has 6 heteroatoms. The monoisotopic (exact) mass is 350 g/mol. The second kappa shape index (κ2) is 7.81. The first-order chi connectivity index (χ1) is 11.0. The van der Waals surface area contributed by atoms with Crippen LogP contribution in [0.15, 0.2) is 48.5 Å². The van der Waals surface area contributed by atoms with Crippen LogP contribution in [0.5, 0.6) is 5.75 Å². The summed E-state index contributed by atoms with van der Waals surface area (Å²) in [6, 6.07) is 11.3. The third-order valence-corrected chi connectivity index (χ3v) is 3.54. The Morgan fingerprint density at radius 2 is 1.74 bits per heavy atom. The summed E-state index contributed by atoms with van der Waals surface area (Å²) in [6.45, 7) is -0.470. The Morgan fingerprint density at radius 1 is 1.09 bits per heavy atom. The third-order valence-electron chi connectivity index (χ3n) is 2.88. The first-order valence-electron chi connectivity index (χ1n) is 6.58. The number of carboxylic acid groups (broad SMARTS) is 1. The molecule has 0 radical (unpaired) electrons. The van der Waals surface area contributed by atoms with Crippen LogP contribution in [0.25, 0.3) is 6.08 Å². The van der Waals surface area contributed by atoms with Crippen molar-refractivity contribution in [2.24, 2.45) is 0 Å². The van der Waals surface area contributed by atoms with Crippen molar-refractivity contribution in [1.82, 2.24) is 0 Å². The second-order valence-corrected chi connectivity index (χ2v) is 5.36. The van der Waals surface area contributed by atoms with E-state index in [4.69, 9.17) is 33.0 Å². The summed E-state index contributed by atoms with van der Waals surface area (Å²) in [5, 5.41) is 9.48. The molecular weight excluding hydrogens is 339 g/mol. The van der Waals surface area contributed by atoms with E-state index >= 15 is 0 Å². The number of hydrogen-bond donors (Lipinski definition) is 1. The van der Waals surface area contributed by atoms with E-state index in [1.165, 1.54) is 18.2 Å². The first kappa shape index (κ1) is 17.1. The second-order valence-electron chi connectivity index (χ2n) is 4.54.